The monoisotopic (exact) mass is 158 g/mol. The summed E-state index contributed by atoms with van der Waals surface area (Å²) in [7, 11) is 0. The Morgan fingerprint density at radius 3 is 2.90 bits per heavy atom. The van der Waals surface area contributed by atoms with Gasteiger partial charge in [-0.1, -0.05) is 0 Å². The molecule has 1 heterocycles. The highest BCUT2D eigenvalue weighted by Crippen LogP contribution is 2.16. The number of rotatable bonds is 2. The van der Waals surface area contributed by atoms with E-state index in [0.717, 1.165) is 10.7 Å². The van der Waals surface area contributed by atoms with E-state index in [1.807, 2.05) is 19.2 Å². The fourth-order valence-corrected chi connectivity index (χ4v) is 1.33. The van der Waals surface area contributed by atoms with E-state index in [2.05, 4.69) is 9.82 Å². The maximum atomic E-state index is 4.98. The van der Waals surface area contributed by atoms with Gasteiger partial charge in [0.2, 0.25) is 0 Å². The van der Waals surface area contributed by atoms with Crippen LogP contribution in [-0.4, -0.2) is 4.98 Å². The third-order valence-electron chi connectivity index (χ3n) is 1.26. The molecule has 0 spiro atoms. The van der Waals surface area contributed by atoms with Crippen molar-refractivity contribution in [3.8, 4) is 0 Å². The molecule has 0 fully saturated rings. The van der Waals surface area contributed by atoms with Crippen LogP contribution in [0.1, 0.15) is 23.7 Å². The summed E-state index contributed by atoms with van der Waals surface area (Å²) in [6.07, 6.45) is -0.0926. The molecule has 1 aromatic rings. The SMILES string of the molecule is Cc1nc(C(C)ON)cs1. The molecule has 3 nitrogen and oxygen atoms in total. The van der Waals surface area contributed by atoms with Crippen LogP contribution >= 0.6 is 11.3 Å². The molecular weight excluding hydrogens is 148 g/mol. The van der Waals surface area contributed by atoms with Crippen molar-refractivity contribution in [3.63, 3.8) is 0 Å². The molecule has 0 radical (unpaired) electrons. The van der Waals surface area contributed by atoms with Crippen LogP contribution in [0.3, 0.4) is 0 Å². The molecule has 0 aliphatic rings. The lowest BCUT2D eigenvalue weighted by molar-refractivity contribution is 0.0638. The van der Waals surface area contributed by atoms with Gasteiger partial charge in [0.05, 0.1) is 10.7 Å². The third-order valence-corrected chi connectivity index (χ3v) is 2.05. The van der Waals surface area contributed by atoms with Crippen LogP contribution in [0.4, 0.5) is 0 Å². The number of hydrogen-bond donors (Lipinski definition) is 1. The molecule has 1 unspecified atom stereocenters. The fraction of sp³-hybridized carbons (Fsp3) is 0.500. The zero-order valence-electron chi connectivity index (χ0n) is 6.00. The first kappa shape index (κ1) is 7.65. The molecule has 0 saturated heterocycles. The smallest absolute Gasteiger partial charge is 0.119 e. The van der Waals surface area contributed by atoms with Crippen molar-refractivity contribution >= 4 is 11.3 Å². The Kier molecular flexibility index (Phi) is 2.37. The van der Waals surface area contributed by atoms with Crippen molar-refractivity contribution in [3.05, 3.63) is 16.1 Å². The molecule has 0 saturated carbocycles. The van der Waals surface area contributed by atoms with E-state index >= 15 is 0 Å². The van der Waals surface area contributed by atoms with Crippen molar-refractivity contribution in [2.45, 2.75) is 20.0 Å². The Morgan fingerprint density at radius 1 is 1.80 bits per heavy atom. The maximum Gasteiger partial charge on any atom is 0.119 e. The van der Waals surface area contributed by atoms with Crippen LogP contribution in [0.25, 0.3) is 0 Å². The van der Waals surface area contributed by atoms with Crippen molar-refractivity contribution < 1.29 is 4.84 Å². The van der Waals surface area contributed by atoms with Gasteiger partial charge in [-0.3, -0.25) is 4.84 Å². The number of aryl methyl sites for hydroxylation is 1. The Hall–Kier alpha value is -0.450. The summed E-state index contributed by atoms with van der Waals surface area (Å²) in [6, 6.07) is 0. The van der Waals surface area contributed by atoms with Crippen LogP contribution in [0.5, 0.6) is 0 Å². The van der Waals surface area contributed by atoms with Gasteiger partial charge in [0.15, 0.2) is 0 Å². The summed E-state index contributed by atoms with van der Waals surface area (Å²) in [4.78, 5) is 8.79. The third kappa shape index (κ3) is 1.53. The molecule has 0 aliphatic heterocycles. The van der Waals surface area contributed by atoms with Gasteiger partial charge >= 0.3 is 0 Å². The molecule has 0 aromatic carbocycles. The van der Waals surface area contributed by atoms with Crippen LogP contribution in [0.2, 0.25) is 0 Å². The molecule has 10 heavy (non-hydrogen) atoms. The first-order valence-electron chi connectivity index (χ1n) is 3.01. The Morgan fingerprint density at radius 2 is 2.50 bits per heavy atom. The Balaban J connectivity index is 2.74. The number of thiazole rings is 1. The van der Waals surface area contributed by atoms with Crippen molar-refractivity contribution in [1.82, 2.24) is 4.98 Å². The zero-order chi connectivity index (χ0) is 7.56. The molecule has 0 bridgehead atoms. The van der Waals surface area contributed by atoms with Crippen LogP contribution in [0, 0.1) is 6.92 Å². The molecule has 0 aliphatic carbocycles. The molecule has 0 amide bonds. The molecule has 1 rings (SSSR count). The first-order valence-corrected chi connectivity index (χ1v) is 3.89. The van der Waals surface area contributed by atoms with Crippen LogP contribution in [0.15, 0.2) is 5.38 Å². The number of hydrogen-bond acceptors (Lipinski definition) is 4. The summed E-state index contributed by atoms with van der Waals surface area (Å²) in [5, 5.41) is 2.99. The molecular formula is C6H10N2OS. The fourth-order valence-electron chi connectivity index (χ4n) is 0.637. The molecule has 1 aromatic heterocycles. The van der Waals surface area contributed by atoms with E-state index in [1.165, 1.54) is 0 Å². The van der Waals surface area contributed by atoms with Gasteiger partial charge in [0.25, 0.3) is 0 Å². The van der Waals surface area contributed by atoms with Crippen molar-refractivity contribution in [2.75, 3.05) is 0 Å². The minimum atomic E-state index is -0.0926. The summed E-state index contributed by atoms with van der Waals surface area (Å²) in [5.74, 6) is 4.98. The Bertz CT molecular complexity index is 211. The predicted molar refractivity (Wildman–Crippen MR) is 40.5 cm³/mol. The average molecular weight is 158 g/mol. The largest absolute Gasteiger partial charge is 0.295 e. The highest BCUT2D eigenvalue weighted by atomic mass is 32.1. The minimum absolute atomic E-state index is 0.0926. The van der Waals surface area contributed by atoms with Crippen LogP contribution < -0.4 is 5.90 Å². The Labute approximate surface area is 63.8 Å². The minimum Gasteiger partial charge on any atom is -0.295 e. The van der Waals surface area contributed by atoms with E-state index in [9.17, 15) is 0 Å². The van der Waals surface area contributed by atoms with Gasteiger partial charge in [-0.25, -0.2) is 10.9 Å². The maximum absolute atomic E-state index is 4.98. The quantitative estimate of drug-likeness (QED) is 0.662. The lowest BCUT2D eigenvalue weighted by Gasteiger charge is -2.02. The average Bonchev–Trinajstić information content (AvgIpc) is 2.34. The number of aromatic nitrogens is 1. The van der Waals surface area contributed by atoms with E-state index < -0.39 is 0 Å². The molecule has 2 N–H and O–H groups in total. The summed E-state index contributed by atoms with van der Waals surface area (Å²) < 4.78 is 0. The van der Waals surface area contributed by atoms with E-state index in [1.54, 1.807) is 11.3 Å². The van der Waals surface area contributed by atoms with Gasteiger partial charge < -0.3 is 0 Å². The van der Waals surface area contributed by atoms with Gasteiger partial charge in [-0.15, -0.1) is 11.3 Å². The second-order valence-corrected chi connectivity index (χ2v) is 3.13. The summed E-state index contributed by atoms with van der Waals surface area (Å²) >= 11 is 1.60. The second-order valence-electron chi connectivity index (χ2n) is 2.07. The first-order chi connectivity index (χ1) is 4.74. The zero-order valence-corrected chi connectivity index (χ0v) is 6.81. The van der Waals surface area contributed by atoms with Gasteiger partial charge in [0, 0.05) is 5.38 Å². The van der Waals surface area contributed by atoms with E-state index in [0.29, 0.717) is 0 Å². The van der Waals surface area contributed by atoms with Gasteiger partial charge in [-0.05, 0) is 13.8 Å². The molecule has 56 valence electrons. The highest BCUT2D eigenvalue weighted by molar-refractivity contribution is 7.09. The predicted octanol–water partition coefficient (Wildman–Crippen LogP) is 1.40. The summed E-state index contributed by atoms with van der Waals surface area (Å²) in [6.45, 7) is 3.83. The van der Waals surface area contributed by atoms with Crippen LogP contribution in [-0.2, 0) is 4.84 Å². The van der Waals surface area contributed by atoms with Crippen molar-refractivity contribution in [1.29, 1.82) is 0 Å². The van der Waals surface area contributed by atoms with E-state index in [-0.39, 0.29) is 6.10 Å². The van der Waals surface area contributed by atoms with Gasteiger partial charge in [0.1, 0.15) is 6.10 Å². The highest BCUT2D eigenvalue weighted by Gasteiger charge is 2.06. The topological polar surface area (TPSA) is 48.1 Å². The van der Waals surface area contributed by atoms with E-state index in [4.69, 9.17) is 5.90 Å². The van der Waals surface area contributed by atoms with Gasteiger partial charge in [-0.2, -0.15) is 0 Å². The lowest BCUT2D eigenvalue weighted by atomic mass is 10.3. The molecule has 1 atom stereocenters. The normalized spacial score (nSPS) is 13.5. The second kappa shape index (κ2) is 3.09. The number of nitrogens with two attached hydrogens (primary N) is 1. The lowest BCUT2D eigenvalue weighted by Crippen LogP contribution is -2.05. The number of nitrogens with zero attached hydrogens (tertiary/aromatic N) is 1. The standard InChI is InChI=1S/C6H10N2OS/c1-4(9-7)6-3-10-5(2)8-6/h3-4H,7H2,1-2H3. The molecule has 4 heteroatoms. The summed E-state index contributed by atoms with van der Waals surface area (Å²) in [5.41, 5.74) is 0.907. The van der Waals surface area contributed by atoms with Crippen molar-refractivity contribution in [2.24, 2.45) is 5.90 Å².